The van der Waals surface area contributed by atoms with E-state index in [0.29, 0.717) is 5.56 Å². The molecule has 1 heterocycles. The number of nitrogens with zero attached hydrogens (tertiary/aromatic N) is 2. The molecule has 1 aromatic heterocycles. The zero-order valence-electron chi connectivity index (χ0n) is 13.4. The van der Waals surface area contributed by atoms with Gasteiger partial charge in [-0.05, 0) is 50.0 Å². The Balaban J connectivity index is 1.98. The molecule has 0 saturated heterocycles. The standard InChI is InChI=1S/C21H11BrN2O2/c22-18-8-4-13-2-6-16-14(15-9-10-23-11-19(15)24(25)26)5-1-12-3-7-17(18)21(13)20(12)16/h1-11H. The number of rotatable bonds is 2. The van der Waals surface area contributed by atoms with Crippen molar-refractivity contribution in [3.8, 4) is 11.1 Å². The van der Waals surface area contributed by atoms with Crippen molar-refractivity contribution >= 4 is 53.9 Å². The first-order valence-electron chi connectivity index (χ1n) is 8.10. The molecule has 0 amide bonds. The summed E-state index contributed by atoms with van der Waals surface area (Å²) in [6.45, 7) is 0. The topological polar surface area (TPSA) is 56.0 Å². The van der Waals surface area contributed by atoms with Gasteiger partial charge in [0.25, 0.3) is 5.69 Å². The van der Waals surface area contributed by atoms with Gasteiger partial charge in [0.15, 0.2) is 0 Å². The first-order valence-corrected chi connectivity index (χ1v) is 8.89. The molecule has 0 radical (unpaired) electrons. The van der Waals surface area contributed by atoms with Gasteiger partial charge in [0.1, 0.15) is 6.20 Å². The fraction of sp³-hybridized carbons (Fsp3) is 0. The van der Waals surface area contributed by atoms with Gasteiger partial charge in [0.05, 0.1) is 10.5 Å². The minimum Gasteiger partial charge on any atom is -0.258 e. The van der Waals surface area contributed by atoms with E-state index in [1.807, 2.05) is 12.1 Å². The number of hydrogen-bond donors (Lipinski definition) is 0. The Morgan fingerprint density at radius 2 is 1.46 bits per heavy atom. The molecule has 0 atom stereocenters. The van der Waals surface area contributed by atoms with Crippen molar-refractivity contribution in [1.29, 1.82) is 0 Å². The molecule has 26 heavy (non-hydrogen) atoms. The van der Waals surface area contributed by atoms with Gasteiger partial charge in [-0.15, -0.1) is 0 Å². The average molecular weight is 403 g/mol. The zero-order chi connectivity index (χ0) is 17.8. The first-order chi connectivity index (χ1) is 12.6. The van der Waals surface area contributed by atoms with Crippen LogP contribution >= 0.6 is 15.9 Å². The van der Waals surface area contributed by atoms with E-state index in [1.54, 1.807) is 12.3 Å². The molecule has 4 nitrogen and oxygen atoms in total. The monoisotopic (exact) mass is 402 g/mol. The summed E-state index contributed by atoms with van der Waals surface area (Å²) in [6.07, 6.45) is 2.90. The maximum atomic E-state index is 11.5. The highest BCUT2D eigenvalue weighted by Crippen LogP contribution is 2.42. The molecule has 124 valence electrons. The molecule has 5 aromatic rings. The molecule has 0 saturated carbocycles. The van der Waals surface area contributed by atoms with Gasteiger partial charge < -0.3 is 0 Å². The highest BCUT2D eigenvalue weighted by Gasteiger charge is 2.19. The fourth-order valence-electron chi connectivity index (χ4n) is 3.76. The van der Waals surface area contributed by atoms with E-state index in [2.05, 4.69) is 57.3 Å². The van der Waals surface area contributed by atoms with Crippen LogP contribution in [0.25, 0.3) is 43.4 Å². The van der Waals surface area contributed by atoms with E-state index in [-0.39, 0.29) is 10.6 Å². The van der Waals surface area contributed by atoms with Crippen LogP contribution in [0.2, 0.25) is 0 Å². The fourth-order valence-corrected chi connectivity index (χ4v) is 4.22. The molecule has 0 fully saturated rings. The lowest BCUT2D eigenvalue weighted by Gasteiger charge is -2.14. The summed E-state index contributed by atoms with van der Waals surface area (Å²) in [4.78, 5) is 15.0. The predicted octanol–water partition coefficient (Wildman–Crippen LogP) is 6.32. The minimum atomic E-state index is -0.378. The third-order valence-corrected chi connectivity index (χ3v) is 5.59. The van der Waals surface area contributed by atoms with Gasteiger partial charge in [-0.25, -0.2) is 0 Å². The summed E-state index contributed by atoms with van der Waals surface area (Å²) >= 11 is 3.64. The van der Waals surface area contributed by atoms with Gasteiger partial charge in [0.2, 0.25) is 0 Å². The van der Waals surface area contributed by atoms with E-state index < -0.39 is 0 Å². The summed E-state index contributed by atoms with van der Waals surface area (Å²) < 4.78 is 1.04. The van der Waals surface area contributed by atoms with Crippen LogP contribution in [0.3, 0.4) is 0 Å². The summed E-state index contributed by atoms with van der Waals surface area (Å²) in [7, 11) is 0. The van der Waals surface area contributed by atoms with Crippen molar-refractivity contribution in [1.82, 2.24) is 4.98 Å². The van der Waals surface area contributed by atoms with Crippen molar-refractivity contribution in [2.45, 2.75) is 0 Å². The van der Waals surface area contributed by atoms with Gasteiger partial charge in [0, 0.05) is 10.7 Å². The van der Waals surface area contributed by atoms with Crippen molar-refractivity contribution in [3.63, 3.8) is 0 Å². The smallest absolute Gasteiger partial charge is 0.258 e. The molecule has 4 aromatic carbocycles. The maximum Gasteiger partial charge on any atom is 0.295 e. The van der Waals surface area contributed by atoms with Crippen LogP contribution in [0, 0.1) is 10.1 Å². The van der Waals surface area contributed by atoms with Crippen molar-refractivity contribution in [3.05, 3.63) is 81.6 Å². The number of nitro groups is 1. The number of hydrogen-bond acceptors (Lipinski definition) is 3. The highest BCUT2D eigenvalue weighted by molar-refractivity contribution is 9.10. The molecule has 5 heteroatoms. The molecule has 0 unspecified atom stereocenters. The second-order valence-corrected chi connectivity index (χ2v) is 7.09. The molecular weight excluding hydrogens is 392 g/mol. The quantitative estimate of drug-likeness (QED) is 0.197. The van der Waals surface area contributed by atoms with E-state index >= 15 is 0 Å². The van der Waals surface area contributed by atoms with Crippen LogP contribution in [-0.2, 0) is 0 Å². The summed E-state index contributed by atoms with van der Waals surface area (Å²) in [6, 6.07) is 18.2. The van der Waals surface area contributed by atoms with E-state index in [0.717, 1.165) is 37.0 Å². The molecule has 5 rings (SSSR count). The second kappa shape index (κ2) is 5.47. The number of pyridine rings is 1. The van der Waals surface area contributed by atoms with E-state index in [4.69, 9.17) is 0 Å². The number of halogens is 1. The third-order valence-electron chi connectivity index (χ3n) is 4.90. The second-order valence-electron chi connectivity index (χ2n) is 6.23. The first kappa shape index (κ1) is 15.2. The molecular formula is C21H11BrN2O2. The molecule has 0 aliphatic heterocycles. The Labute approximate surface area is 156 Å². The Kier molecular flexibility index (Phi) is 3.21. The van der Waals surface area contributed by atoms with E-state index in [1.165, 1.54) is 11.6 Å². The van der Waals surface area contributed by atoms with Crippen molar-refractivity contribution in [2.24, 2.45) is 0 Å². The molecule has 0 bridgehead atoms. The average Bonchev–Trinajstić information content (AvgIpc) is 2.67. The Bertz CT molecular complexity index is 1330. The van der Waals surface area contributed by atoms with Gasteiger partial charge in [-0.1, -0.05) is 58.4 Å². The van der Waals surface area contributed by atoms with Crippen LogP contribution in [0.15, 0.2) is 71.5 Å². The minimum absolute atomic E-state index is 0.0173. The lowest BCUT2D eigenvalue weighted by molar-refractivity contribution is -0.384. The molecule has 0 N–H and O–H groups in total. The third kappa shape index (κ3) is 2.04. The largest absolute Gasteiger partial charge is 0.295 e. The normalized spacial score (nSPS) is 11.6. The predicted molar refractivity (Wildman–Crippen MR) is 108 cm³/mol. The Hall–Kier alpha value is -3.05. The van der Waals surface area contributed by atoms with Gasteiger partial charge in [-0.2, -0.15) is 0 Å². The summed E-state index contributed by atoms with van der Waals surface area (Å²) in [5.74, 6) is 0. The number of aromatic nitrogens is 1. The zero-order valence-corrected chi connectivity index (χ0v) is 15.0. The maximum absolute atomic E-state index is 11.5. The van der Waals surface area contributed by atoms with Crippen molar-refractivity contribution < 1.29 is 4.92 Å². The van der Waals surface area contributed by atoms with Crippen molar-refractivity contribution in [2.75, 3.05) is 0 Å². The highest BCUT2D eigenvalue weighted by atomic mass is 79.9. The van der Waals surface area contributed by atoms with Crippen LogP contribution in [0.4, 0.5) is 5.69 Å². The van der Waals surface area contributed by atoms with Crippen LogP contribution < -0.4 is 0 Å². The Morgan fingerprint density at radius 3 is 2.23 bits per heavy atom. The molecule has 0 aliphatic rings. The SMILES string of the molecule is O=[N+]([O-])c1cnccc1-c1ccc2ccc3c(Br)ccc4ccc1c2c43. The van der Waals surface area contributed by atoms with E-state index in [9.17, 15) is 10.1 Å². The lowest BCUT2D eigenvalue weighted by atomic mass is 9.90. The van der Waals surface area contributed by atoms with Gasteiger partial charge in [-0.3, -0.25) is 15.1 Å². The summed E-state index contributed by atoms with van der Waals surface area (Å²) in [5, 5.41) is 18.2. The Morgan fingerprint density at radius 1 is 0.808 bits per heavy atom. The van der Waals surface area contributed by atoms with Crippen LogP contribution in [0.5, 0.6) is 0 Å². The van der Waals surface area contributed by atoms with Crippen LogP contribution in [-0.4, -0.2) is 9.91 Å². The summed E-state index contributed by atoms with van der Waals surface area (Å²) in [5.41, 5.74) is 1.45. The molecule has 0 aliphatic carbocycles. The molecule has 0 spiro atoms. The lowest BCUT2D eigenvalue weighted by Crippen LogP contribution is -1.94. The number of benzene rings is 4. The van der Waals surface area contributed by atoms with Gasteiger partial charge >= 0.3 is 0 Å². The van der Waals surface area contributed by atoms with Crippen LogP contribution in [0.1, 0.15) is 0 Å².